The van der Waals surface area contributed by atoms with Crippen molar-refractivity contribution in [2.75, 3.05) is 85.5 Å². The molecule has 10 heteroatoms. The minimum Gasteiger partial charge on any atom is -0.382 e. The van der Waals surface area contributed by atoms with Gasteiger partial charge in [0.05, 0.1) is 98.4 Å². The summed E-state index contributed by atoms with van der Waals surface area (Å²) in [5.74, 6) is -0.534. The van der Waals surface area contributed by atoms with E-state index in [1.54, 1.807) is 24.3 Å². The molecule has 0 N–H and O–H groups in total. The maximum atomic E-state index is 12.2. The molecule has 0 fully saturated rings. The average molecular weight is 498 g/mol. The summed E-state index contributed by atoms with van der Waals surface area (Å²) in [5, 5.41) is 0. The highest BCUT2D eigenvalue weighted by Gasteiger charge is 2.34. The molecule has 1 heterocycles. The molecule has 1 aromatic carbocycles. The van der Waals surface area contributed by atoms with Crippen molar-refractivity contribution in [2.45, 2.75) is 19.6 Å². The highest BCUT2D eigenvalue weighted by molar-refractivity contribution is 6.76. The van der Waals surface area contributed by atoms with Crippen molar-refractivity contribution >= 4 is 19.9 Å². The van der Waals surface area contributed by atoms with E-state index in [4.69, 9.17) is 28.4 Å². The van der Waals surface area contributed by atoms with Crippen molar-refractivity contribution in [1.82, 2.24) is 4.90 Å². The van der Waals surface area contributed by atoms with E-state index in [9.17, 15) is 9.59 Å². The molecule has 0 radical (unpaired) electrons. The molecule has 1 aliphatic heterocycles. The molecule has 34 heavy (non-hydrogen) atoms. The Kier molecular flexibility index (Phi) is 13.5. The van der Waals surface area contributed by atoms with Crippen molar-refractivity contribution in [3.8, 4) is 0 Å². The summed E-state index contributed by atoms with van der Waals surface area (Å²) in [6, 6.07) is 6.84. The molecular weight excluding hydrogens is 458 g/mol. The minimum atomic E-state index is -1.14. The van der Waals surface area contributed by atoms with Gasteiger partial charge in [0.25, 0.3) is 11.8 Å². The quantitative estimate of drug-likeness (QED) is 0.154. The second kappa shape index (κ2) is 16.1. The van der Waals surface area contributed by atoms with Crippen molar-refractivity contribution in [3.05, 3.63) is 35.4 Å². The van der Waals surface area contributed by atoms with Gasteiger partial charge in [0, 0.05) is 6.23 Å². The molecule has 9 nitrogen and oxygen atoms in total. The van der Waals surface area contributed by atoms with Crippen LogP contribution in [0, 0.1) is 0 Å². The van der Waals surface area contributed by atoms with E-state index in [2.05, 4.69) is 19.6 Å². The number of hydrogen-bond donors (Lipinski definition) is 0. The van der Waals surface area contributed by atoms with E-state index in [0.717, 1.165) is 6.23 Å². The van der Waals surface area contributed by atoms with Gasteiger partial charge in [-0.15, -0.1) is 0 Å². The lowest BCUT2D eigenvalue weighted by molar-refractivity contribution is -0.0158. The van der Waals surface area contributed by atoms with Crippen LogP contribution in [0.2, 0.25) is 19.6 Å². The maximum absolute atomic E-state index is 12.2. The van der Waals surface area contributed by atoms with Gasteiger partial charge in [-0.25, -0.2) is 0 Å². The number of rotatable bonds is 20. The molecule has 0 saturated carbocycles. The number of fused-ring (bicyclic) bond motifs is 1. The zero-order valence-corrected chi connectivity index (χ0v) is 21.7. The predicted molar refractivity (Wildman–Crippen MR) is 130 cm³/mol. The molecule has 0 aliphatic carbocycles. The molecule has 1 aliphatic rings. The van der Waals surface area contributed by atoms with Crippen molar-refractivity contribution in [1.29, 1.82) is 0 Å². The fourth-order valence-corrected chi connectivity index (χ4v) is 3.83. The summed E-state index contributed by atoms with van der Waals surface area (Å²) in [4.78, 5) is 25.7. The first-order valence-corrected chi connectivity index (χ1v) is 15.5. The van der Waals surface area contributed by atoms with Crippen molar-refractivity contribution < 1.29 is 38.0 Å². The Bertz CT molecular complexity index is 705. The van der Waals surface area contributed by atoms with Gasteiger partial charge in [-0.3, -0.25) is 14.5 Å². The number of carbonyl (C=O) groups excluding carboxylic acids is 2. The summed E-state index contributed by atoms with van der Waals surface area (Å²) < 4.78 is 32.9. The highest BCUT2D eigenvalue weighted by atomic mass is 28.3. The van der Waals surface area contributed by atoms with E-state index >= 15 is 0 Å². The molecule has 0 aromatic heterocycles. The van der Waals surface area contributed by atoms with E-state index in [-0.39, 0.29) is 25.0 Å². The molecule has 192 valence electrons. The zero-order chi connectivity index (χ0) is 24.7. The smallest absolute Gasteiger partial charge is 0.261 e. The van der Waals surface area contributed by atoms with Crippen LogP contribution in [0.3, 0.4) is 0 Å². The summed E-state index contributed by atoms with van der Waals surface area (Å²) in [6.07, 6.45) is 0.861. The third kappa shape index (κ3) is 11.2. The lowest BCUT2D eigenvalue weighted by Crippen LogP contribution is -2.33. The van der Waals surface area contributed by atoms with Crippen LogP contribution in [0.5, 0.6) is 0 Å². The lowest BCUT2D eigenvalue weighted by atomic mass is 10.1. The average Bonchev–Trinajstić information content (AvgIpc) is 3.04. The van der Waals surface area contributed by atoms with Gasteiger partial charge in [0.1, 0.15) is 0 Å². The van der Waals surface area contributed by atoms with Gasteiger partial charge in [-0.05, 0) is 12.1 Å². The van der Waals surface area contributed by atoms with Gasteiger partial charge in [-0.2, -0.15) is 0 Å². The highest BCUT2D eigenvalue weighted by Crippen LogP contribution is 2.21. The van der Waals surface area contributed by atoms with Crippen LogP contribution in [0.15, 0.2) is 24.3 Å². The fraction of sp³-hybridized carbons (Fsp3) is 0.667. The number of amides is 2. The molecule has 1 aromatic rings. The van der Waals surface area contributed by atoms with Crippen LogP contribution in [0.1, 0.15) is 20.7 Å². The number of nitrogens with zero attached hydrogens (tertiary/aromatic N) is 1. The Hall–Kier alpha value is -1.66. The third-order valence-corrected chi connectivity index (χ3v) is 5.80. The normalized spacial score (nSPS) is 13.7. The van der Waals surface area contributed by atoms with Crippen LogP contribution in [0.4, 0.5) is 0 Å². The van der Waals surface area contributed by atoms with E-state index in [0.29, 0.717) is 77.2 Å². The van der Waals surface area contributed by atoms with Crippen LogP contribution in [0.25, 0.3) is 0 Å². The topological polar surface area (TPSA) is 92.8 Å². The van der Waals surface area contributed by atoms with Gasteiger partial charge in [0.15, 0.2) is 0 Å². The second-order valence-electron chi connectivity index (χ2n) is 8.98. The standard InChI is InChI=1S/C24H39NO8Si/c1-34(2,3)20-33-19-18-32-17-16-31-15-14-30-13-12-29-11-10-28-9-8-25-23(26)21-6-4-5-7-22(21)24(25)27/h4-7H,8-20H2,1-3H3. The monoisotopic (exact) mass is 497 g/mol. The van der Waals surface area contributed by atoms with Crippen LogP contribution in [-0.4, -0.2) is 110 Å². The molecule has 2 amide bonds. The molecule has 2 rings (SSSR count). The molecule has 0 saturated heterocycles. The molecule has 0 bridgehead atoms. The van der Waals surface area contributed by atoms with E-state index in [1.807, 2.05) is 0 Å². The Labute approximate surface area is 203 Å². The fourth-order valence-electron chi connectivity index (χ4n) is 3.08. The Morgan fingerprint density at radius 3 is 1.32 bits per heavy atom. The largest absolute Gasteiger partial charge is 0.382 e. The Balaban J connectivity index is 1.30. The third-order valence-electron chi connectivity index (χ3n) is 4.73. The number of imide groups is 1. The van der Waals surface area contributed by atoms with Gasteiger partial charge in [-0.1, -0.05) is 31.8 Å². The van der Waals surface area contributed by atoms with Gasteiger partial charge >= 0.3 is 0 Å². The SMILES string of the molecule is C[Si](C)(C)COCCOCCOCCOCCOCCOCCN1C(=O)c2ccccc2C1=O. The van der Waals surface area contributed by atoms with Crippen LogP contribution in [-0.2, 0) is 28.4 Å². The molecule has 0 atom stereocenters. The number of carbonyl (C=O) groups is 2. The first-order chi connectivity index (χ1) is 16.4. The number of ether oxygens (including phenoxy) is 6. The van der Waals surface area contributed by atoms with E-state index < -0.39 is 8.07 Å². The summed E-state index contributed by atoms with van der Waals surface area (Å²) in [6.45, 7) is 12.4. The van der Waals surface area contributed by atoms with Crippen molar-refractivity contribution in [2.24, 2.45) is 0 Å². The first kappa shape index (κ1) is 28.6. The molecular formula is C24H39NO8Si. The predicted octanol–water partition coefficient (Wildman–Crippen LogP) is 2.26. The Morgan fingerprint density at radius 2 is 0.941 bits per heavy atom. The lowest BCUT2D eigenvalue weighted by Gasteiger charge is -2.15. The van der Waals surface area contributed by atoms with Gasteiger partial charge < -0.3 is 28.4 Å². The minimum absolute atomic E-state index is 0.229. The van der Waals surface area contributed by atoms with Crippen LogP contribution >= 0.6 is 0 Å². The molecule has 0 unspecified atom stereocenters. The van der Waals surface area contributed by atoms with E-state index in [1.165, 1.54) is 4.90 Å². The molecule has 0 spiro atoms. The number of hydrogen-bond acceptors (Lipinski definition) is 8. The van der Waals surface area contributed by atoms with Gasteiger partial charge in [0.2, 0.25) is 0 Å². The maximum Gasteiger partial charge on any atom is 0.261 e. The van der Waals surface area contributed by atoms with Crippen molar-refractivity contribution in [3.63, 3.8) is 0 Å². The number of benzene rings is 1. The second-order valence-corrected chi connectivity index (χ2v) is 14.4. The summed E-state index contributed by atoms with van der Waals surface area (Å²) in [7, 11) is -1.14. The summed E-state index contributed by atoms with van der Waals surface area (Å²) in [5.41, 5.74) is 0.903. The zero-order valence-electron chi connectivity index (χ0n) is 20.7. The van der Waals surface area contributed by atoms with Crippen LogP contribution < -0.4 is 0 Å². The summed E-state index contributed by atoms with van der Waals surface area (Å²) >= 11 is 0. The first-order valence-electron chi connectivity index (χ1n) is 11.8. The Morgan fingerprint density at radius 1 is 0.588 bits per heavy atom.